The first-order valence-corrected chi connectivity index (χ1v) is 12.8. The van der Waals surface area contributed by atoms with Gasteiger partial charge in [-0.15, -0.1) is 0 Å². The van der Waals surface area contributed by atoms with Crippen LogP contribution < -0.4 is 4.90 Å². The zero-order chi connectivity index (χ0) is 23.6. The molecular formula is C24H25ClN2O5S. The van der Waals surface area contributed by atoms with Gasteiger partial charge in [0.05, 0.1) is 22.8 Å². The fourth-order valence-electron chi connectivity index (χ4n) is 3.89. The van der Waals surface area contributed by atoms with E-state index in [4.69, 9.17) is 16.3 Å². The summed E-state index contributed by atoms with van der Waals surface area (Å²) in [5.41, 5.74) is 1.33. The van der Waals surface area contributed by atoms with E-state index in [1.54, 1.807) is 40.1 Å². The molecule has 2 aromatic carbocycles. The highest BCUT2D eigenvalue weighted by Crippen LogP contribution is 2.41. The fourth-order valence-corrected chi connectivity index (χ4v) is 5.58. The van der Waals surface area contributed by atoms with Gasteiger partial charge >= 0.3 is 5.97 Å². The summed E-state index contributed by atoms with van der Waals surface area (Å²) in [6, 6.07) is 11.1. The molecule has 0 saturated carbocycles. The van der Waals surface area contributed by atoms with Crippen LogP contribution >= 0.6 is 11.6 Å². The molecule has 2 heterocycles. The summed E-state index contributed by atoms with van der Waals surface area (Å²) in [6.45, 7) is 3.45. The van der Waals surface area contributed by atoms with Crippen LogP contribution in [0.2, 0.25) is 5.02 Å². The van der Waals surface area contributed by atoms with Crippen LogP contribution in [0, 0.1) is 0 Å². The number of unbranched alkanes of at least 4 members (excludes halogenated alkanes) is 1. The number of esters is 1. The maximum atomic E-state index is 13.3. The maximum Gasteiger partial charge on any atom is 0.338 e. The molecule has 2 aliphatic rings. The van der Waals surface area contributed by atoms with Gasteiger partial charge in [-0.25, -0.2) is 13.2 Å². The highest BCUT2D eigenvalue weighted by atomic mass is 35.5. The fraction of sp³-hybridized carbons (Fsp3) is 0.333. The van der Waals surface area contributed by atoms with Crippen LogP contribution in [-0.2, 0) is 19.4 Å². The highest BCUT2D eigenvalue weighted by molar-refractivity contribution is 7.96. The number of fused-ring (bicyclic) bond motifs is 1. The van der Waals surface area contributed by atoms with Crippen molar-refractivity contribution in [3.8, 4) is 0 Å². The monoisotopic (exact) mass is 488 g/mol. The summed E-state index contributed by atoms with van der Waals surface area (Å²) in [6.07, 6.45) is 4.78. The molecule has 9 heteroatoms. The summed E-state index contributed by atoms with van der Waals surface area (Å²) in [5, 5.41) is 0.368. The van der Waals surface area contributed by atoms with Crippen LogP contribution in [0.1, 0.15) is 43.0 Å². The van der Waals surface area contributed by atoms with Crippen LogP contribution in [0.4, 0.5) is 11.4 Å². The first-order valence-electron chi connectivity index (χ1n) is 10.9. The normalized spacial score (nSPS) is 16.8. The lowest BCUT2D eigenvalue weighted by atomic mass is 10.1. The lowest BCUT2D eigenvalue weighted by Gasteiger charge is -2.30. The molecule has 4 rings (SSSR count). The molecule has 0 spiro atoms. The largest absolute Gasteiger partial charge is 0.462 e. The second-order valence-corrected chi connectivity index (χ2v) is 10.3. The number of anilines is 2. The van der Waals surface area contributed by atoms with Gasteiger partial charge in [0.25, 0.3) is 5.91 Å². The lowest BCUT2D eigenvalue weighted by molar-refractivity contribution is -0.125. The maximum absolute atomic E-state index is 13.3. The van der Waals surface area contributed by atoms with Crippen molar-refractivity contribution < 1.29 is 22.7 Å². The number of likely N-dealkylation sites (tertiary alicyclic amines) is 1. The number of carbonyl (C=O) groups is 2. The lowest BCUT2D eigenvalue weighted by Crippen LogP contribution is -2.35. The molecule has 33 heavy (non-hydrogen) atoms. The van der Waals surface area contributed by atoms with Crippen LogP contribution in [0.15, 0.2) is 58.5 Å². The van der Waals surface area contributed by atoms with Gasteiger partial charge in [-0.2, -0.15) is 0 Å². The van der Waals surface area contributed by atoms with Crippen molar-refractivity contribution in [1.82, 2.24) is 4.90 Å². The van der Waals surface area contributed by atoms with E-state index < -0.39 is 21.7 Å². The summed E-state index contributed by atoms with van der Waals surface area (Å²) in [5.74, 6) is -0.922. The predicted molar refractivity (Wildman–Crippen MR) is 126 cm³/mol. The average Bonchev–Trinajstić information content (AvgIpc) is 3.34. The third kappa shape index (κ3) is 4.63. The van der Waals surface area contributed by atoms with Gasteiger partial charge in [0.2, 0.25) is 9.84 Å². The molecule has 2 aromatic rings. The van der Waals surface area contributed by atoms with Gasteiger partial charge in [-0.1, -0.05) is 24.9 Å². The van der Waals surface area contributed by atoms with E-state index in [2.05, 4.69) is 0 Å². The van der Waals surface area contributed by atoms with Crippen molar-refractivity contribution in [2.24, 2.45) is 0 Å². The molecule has 174 valence electrons. The van der Waals surface area contributed by atoms with Gasteiger partial charge in [0.1, 0.15) is 0 Å². The number of rotatable bonds is 6. The molecule has 0 aromatic heterocycles. The third-order valence-electron chi connectivity index (χ3n) is 5.72. The summed E-state index contributed by atoms with van der Waals surface area (Å²) in [7, 11) is -4.02. The minimum Gasteiger partial charge on any atom is -0.462 e. The van der Waals surface area contributed by atoms with E-state index in [1.807, 2.05) is 6.92 Å². The van der Waals surface area contributed by atoms with Crippen molar-refractivity contribution in [1.29, 1.82) is 0 Å². The van der Waals surface area contributed by atoms with Gasteiger partial charge in [-0.05, 0) is 61.7 Å². The Labute approximate surface area is 198 Å². The van der Waals surface area contributed by atoms with E-state index in [0.717, 1.165) is 25.7 Å². The van der Waals surface area contributed by atoms with Crippen LogP contribution in [0.3, 0.4) is 0 Å². The Morgan fingerprint density at radius 1 is 1.06 bits per heavy atom. The van der Waals surface area contributed by atoms with Crippen molar-refractivity contribution in [2.75, 3.05) is 24.6 Å². The van der Waals surface area contributed by atoms with Crippen molar-refractivity contribution in [3.05, 3.63) is 64.2 Å². The topological polar surface area (TPSA) is 84.0 Å². The van der Waals surface area contributed by atoms with Gasteiger partial charge < -0.3 is 14.5 Å². The molecule has 0 aliphatic carbocycles. The SMILES string of the molecule is CCCCOC(=O)c1ccc(N2C=C(C(=O)N3CCCC3)S(=O)(=O)c3ccc(Cl)cc32)cc1. The molecule has 0 radical (unpaired) electrons. The van der Waals surface area contributed by atoms with Crippen LogP contribution in [0.25, 0.3) is 0 Å². The Morgan fingerprint density at radius 2 is 1.76 bits per heavy atom. The number of carbonyl (C=O) groups excluding carboxylic acids is 2. The molecule has 2 aliphatic heterocycles. The van der Waals surface area contributed by atoms with E-state index in [9.17, 15) is 18.0 Å². The Hall–Kier alpha value is -2.84. The zero-order valence-electron chi connectivity index (χ0n) is 18.3. The molecule has 1 saturated heterocycles. The number of ether oxygens (including phenoxy) is 1. The summed E-state index contributed by atoms with van der Waals surface area (Å²) in [4.78, 5) is 28.3. The molecule has 0 unspecified atom stereocenters. The van der Waals surface area contributed by atoms with Gasteiger partial charge in [0, 0.05) is 30.0 Å². The number of amides is 1. The van der Waals surface area contributed by atoms with E-state index >= 15 is 0 Å². The van der Waals surface area contributed by atoms with Crippen molar-refractivity contribution in [2.45, 2.75) is 37.5 Å². The molecule has 0 N–H and O–H groups in total. The zero-order valence-corrected chi connectivity index (χ0v) is 19.9. The van der Waals surface area contributed by atoms with Crippen LogP contribution in [-0.4, -0.2) is 44.9 Å². The van der Waals surface area contributed by atoms with Crippen LogP contribution in [0.5, 0.6) is 0 Å². The first-order chi connectivity index (χ1) is 15.8. The van der Waals surface area contributed by atoms with Crippen molar-refractivity contribution >= 4 is 44.7 Å². The Bertz CT molecular complexity index is 1200. The quantitative estimate of drug-likeness (QED) is 0.433. The average molecular weight is 489 g/mol. The minimum absolute atomic E-state index is 0.0139. The second kappa shape index (κ2) is 9.57. The smallest absolute Gasteiger partial charge is 0.338 e. The Kier molecular flexibility index (Phi) is 6.76. The van der Waals surface area contributed by atoms with E-state index in [1.165, 1.54) is 18.3 Å². The Balaban J connectivity index is 1.72. The highest BCUT2D eigenvalue weighted by Gasteiger charge is 2.38. The molecule has 1 fully saturated rings. The second-order valence-electron chi connectivity index (χ2n) is 8.01. The summed E-state index contributed by atoms with van der Waals surface area (Å²) < 4.78 is 31.9. The third-order valence-corrected chi connectivity index (χ3v) is 7.74. The number of sulfone groups is 1. The number of hydrogen-bond donors (Lipinski definition) is 0. The number of hydrogen-bond acceptors (Lipinski definition) is 6. The Morgan fingerprint density at radius 3 is 2.42 bits per heavy atom. The molecule has 7 nitrogen and oxygen atoms in total. The molecule has 1 amide bonds. The minimum atomic E-state index is -4.02. The summed E-state index contributed by atoms with van der Waals surface area (Å²) >= 11 is 6.17. The molecule has 0 atom stereocenters. The predicted octanol–water partition coefficient (Wildman–Crippen LogP) is 4.69. The van der Waals surface area contributed by atoms with E-state index in [-0.39, 0.29) is 9.80 Å². The number of benzene rings is 2. The first kappa shape index (κ1) is 23.3. The molecular weight excluding hydrogens is 464 g/mol. The van der Waals surface area contributed by atoms with Gasteiger partial charge in [0.15, 0.2) is 4.91 Å². The van der Waals surface area contributed by atoms with Gasteiger partial charge in [-0.3, -0.25) is 4.79 Å². The molecule has 0 bridgehead atoms. The number of nitrogens with zero attached hydrogens (tertiary/aromatic N) is 2. The standard InChI is InChI=1S/C24H25ClN2O5S/c1-2-3-14-32-24(29)17-6-9-19(10-7-17)27-16-22(23(28)26-12-4-5-13-26)33(30,31)21-11-8-18(25)15-20(21)27/h6-11,15-16H,2-5,12-14H2,1H3. The number of halogens is 1. The van der Waals surface area contributed by atoms with Crippen molar-refractivity contribution in [3.63, 3.8) is 0 Å². The van der Waals surface area contributed by atoms with E-state index in [0.29, 0.717) is 41.7 Å².